The van der Waals surface area contributed by atoms with Crippen LogP contribution in [0.15, 0.2) is 53.4 Å². The van der Waals surface area contributed by atoms with E-state index < -0.39 is 15.4 Å². The van der Waals surface area contributed by atoms with E-state index in [0.29, 0.717) is 18.0 Å². The van der Waals surface area contributed by atoms with E-state index in [1.54, 1.807) is 12.1 Å². The predicted octanol–water partition coefficient (Wildman–Crippen LogP) is 2.62. The number of hydrogen-bond donors (Lipinski definition) is 1. The second-order valence-electron chi connectivity index (χ2n) is 6.13. The summed E-state index contributed by atoms with van der Waals surface area (Å²) in [6, 6.07) is 13.7. The predicted molar refractivity (Wildman–Crippen MR) is 91.6 cm³/mol. The molecule has 0 aromatic heterocycles. The van der Waals surface area contributed by atoms with Gasteiger partial charge in [0, 0.05) is 23.8 Å². The maximum atomic E-state index is 12.9. The molecule has 2 aromatic rings. The third-order valence-corrected chi connectivity index (χ3v) is 6.87. The fourth-order valence-corrected chi connectivity index (χ4v) is 5.34. The quantitative estimate of drug-likeness (QED) is 0.893. The third-order valence-electron chi connectivity index (χ3n) is 4.79. The molecule has 1 unspecified atom stereocenters. The number of nitrogens with one attached hydrogen (secondary N) is 1. The second kappa shape index (κ2) is 5.31. The number of hydrogen-bond acceptors (Lipinski definition) is 3. The van der Waals surface area contributed by atoms with E-state index in [0.717, 1.165) is 11.3 Å². The minimum atomic E-state index is -3.68. The van der Waals surface area contributed by atoms with Gasteiger partial charge in [0.25, 0.3) is 0 Å². The molecule has 0 bridgehead atoms. The molecule has 0 radical (unpaired) electrons. The Bertz CT molecular complexity index is 944. The molecule has 1 fully saturated rings. The first-order chi connectivity index (χ1) is 11.4. The van der Waals surface area contributed by atoms with Gasteiger partial charge in [-0.25, -0.2) is 8.42 Å². The summed E-state index contributed by atoms with van der Waals surface area (Å²) in [6.45, 7) is 0.446. The topological polar surface area (TPSA) is 66.5 Å². The zero-order valence-corrected chi connectivity index (χ0v) is 14.3. The van der Waals surface area contributed by atoms with Gasteiger partial charge in [0.1, 0.15) is 0 Å². The number of nitrogens with zero attached hydrogens (tertiary/aromatic N) is 1. The summed E-state index contributed by atoms with van der Waals surface area (Å²) >= 11 is 5.92. The van der Waals surface area contributed by atoms with Gasteiger partial charge in [-0.1, -0.05) is 35.9 Å². The van der Waals surface area contributed by atoms with E-state index in [1.807, 2.05) is 24.3 Å². The maximum Gasteiger partial charge on any atom is 0.243 e. The molecule has 1 amide bonds. The molecule has 2 aliphatic heterocycles. The molecule has 1 spiro atoms. The first-order valence-electron chi connectivity index (χ1n) is 7.60. The van der Waals surface area contributed by atoms with Gasteiger partial charge >= 0.3 is 0 Å². The number of fused-ring (bicyclic) bond motifs is 2. The molecule has 24 heavy (non-hydrogen) atoms. The summed E-state index contributed by atoms with van der Waals surface area (Å²) in [7, 11) is -3.68. The van der Waals surface area contributed by atoms with Crippen molar-refractivity contribution in [3.8, 4) is 0 Å². The smallest absolute Gasteiger partial charge is 0.243 e. The molecule has 124 valence electrons. The van der Waals surface area contributed by atoms with Crippen molar-refractivity contribution < 1.29 is 13.2 Å². The highest BCUT2D eigenvalue weighted by Crippen LogP contribution is 2.45. The Morgan fingerprint density at radius 3 is 2.71 bits per heavy atom. The monoisotopic (exact) mass is 362 g/mol. The fourth-order valence-electron chi connectivity index (χ4n) is 3.54. The maximum absolute atomic E-state index is 12.9. The van der Waals surface area contributed by atoms with Crippen molar-refractivity contribution in [2.24, 2.45) is 0 Å². The number of amides is 1. The van der Waals surface area contributed by atoms with E-state index >= 15 is 0 Å². The van der Waals surface area contributed by atoms with E-state index in [2.05, 4.69) is 5.32 Å². The van der Waals surface area contributed by atoms with Crippen LogP contribution in [0.25, 0.3) is 0 Å². The van der Waals surface area contributed by atoms with Crippen molar-refractivity contribution in [1.82, 2.24) is 4.31 Å². The fraction of sp³-hybridized carbons (Fsp3) is 0.235. The molecule has 1 atom stereocenters. The van der Waals surface area contributed by atoms with Crippen LogP contribution in [0.1, 0.15) is 12.0 Å². The second-order valence-corrected chi connectivity index (χ2v) is 8.50. The molecule has 2 aromatic carbocycles. The number of sulfonamides is 1. The van der Waals surface area contributed by atoms with Crippen molar-refractivity contribution in [3.63, 3.8) is 0 Å². The standard InChI is InChI=1S/C17H15ClN2O3S/c18-12-4-3-5-13(10-12)24(22,23)20-9-8-17(11-20)14-6-1-2-7-15(14)19-16(17)21/h1-7,10H,8-9,11H2,(H,19,21). The molecule has 2 heterocycles. The summed E-state index contributed by atoms with van der Waals surface area (Å²) < 4.78 is 27.1. The van der Waals surface area contributed by atoms with Gasteiger partial charge in [-0.15, -0.1) is 0 Å². The van der Waals surface area contributed by atoms with Crippen LogP contribution in [-0.2, 0) is 20.2 Å². The lowest BCUT2D eigenvalue weighted by atomic mass is 9.81. The van der Waals surface area contributed by atoms with Gasteiger partial charge in [0.15, 0.2) is 0 Å². The third kappa shape index (κ3) is 2.17. The van der Waals surface area contributed by atoms with E-state index in [1.165, 1.54) is 16.4 Å². The lowest BCUT2D eigenvalue weighted by molar-refractivity contribution is -0.120. The van der Waals surface area contributed by atoms with Crippen molar-refractivity contribution in [3.05, 3.63) is 59.1 Å². The van der Waals surface area contributed by atoms with Crippen LogP contribution < -0.4 is 5.32 Å². The summed E-state index contributed by atoms with van der Waals surface area (Å²) in [6.07, 6.45) is 0.468. The first kappa shape index (κ1) is 15.6. The zero-order valence-electron chi connectivity index (χ0n) is 12.7. The van der Waals surface area contributed by atoms with Crippen LogP contribution >= 0.6 is 11.6 Å². The van der Waals surface area contributed by atoms with Crippen LogP contribution in [0.5, 0.6) is 0 Å². The number of para-hydroxylation sites is 1. The van der Waals surface area contributed by atoms with Gasteiger partial charge in [-0.3, -0.25) is 4.79 Å². The number of benzene rings is 2. The Balaban J connectivity index is 1.72. The lowest BCUT2D eigenvalue weighted by Gasteiger charge is -2.22. The average Bonchev–Trinajstić information content (AvgIpc) is 3.13. The van der Waals surface area contributed by atoms with E-state index in [9.17, 15) is 13.2 Å². The molecule has 1 N–H and O–H groups in total. The largest absolute Gasteiger partial charge is 0.325 e. The Labute approximate surface area is 145 Å². The molecule has 7 heteroatoms. The molecule has 0 aliphatic carbocycles. The lowest BCUT2D eigenvalue weighted by Crippen LogP contribution is -2.39. The van der Waals surface area contributed by atoms with Crippen LogP contribution in [0.3, 0.4) is 0 Å². The molecule has 0 saturated carbocycles. The summed E-state index contributed by atoms with van der Waals surface area (Å²) in [5.41, 5.74) is 0.839. The molecule has 4 rings (SSSR count). The van der Waals surface area contributed by atoms with E-state index in [4.69, 9.17) is 11.6 Å². The number of carbonyl (C=O) groups is 1. The van der Waals surface area contributed by atoms with Gasteiger partial charge in [-0.2, -0.15) is 4.31 Å². The number of halogens is 1. The summed E-state index contributed by atoms with van der Waals surface area (Å²) in [5.74, 6) is -0.132. The Kier molecular flexibility index (Phi) is 3.46. The van der Waals surface area contributed by atoms with E-state index in [-0.39, 0.29) is 17.3 Å². The summed E-state index contributed by atoms with van der Waals surface area (Å²) in [4.78, 5) is 12.7. The molecule has 1 saturated heterocycles. The van der Waals surface area contributed by atoms with Crippen molar-refractivity contribution in [1.29, 1.82) is 0 Å². The Hall–Kier alpha value is -1.89. The average molecular weight is 363 g/mol. The van der Waals surface area contributed by atoms with Gasteiger partial charge < -0.3 is 5.32 Å². The zero-order chi connectivity index (χ0) is 16.9. The minimum Gasteiger partial charge on any atom is -0.325 e. The Morgan fingerprint density at radius 1 is 1.12 bits per heavy atom. The van der Waals surface area contributed by atoms with Crippen molar-refractivity contribution >= 4 is 33.2 Å². The normalized spacial score (nSPS) is 23.5. The van der Waals surface area contributed by atoms with Crippen LogP contribution in [0.2, 0.25) is 5.02 Å². The van der Waals surface area contributed by atoms with Crippen LogP contribution in [0.4, 0.5) is 5.69 Å². The first-order valence-corrected chi connectivity index (χ1v) is 9.42. The van der Waals surface area contributed by atoms with Crippen molar-refractivity contribution in [2.75, 3.05) is 18.4 Å². The summed E-state index contributed by atoms with van der Waals surface area (Å²) in [5, 5.41) is 3.24. The van der Waals surface area contributed by atoms with Gasteiger partial charge in [0.2, 0.25) is 15.9 Å². The van der Waals surface area contributed by atoms with Crippen LogP contribution in [-0.4, -0.2) is 31.7 Å². The van der Waals surface area contributed by atoms with Gasteiger partial charge in [0.05, 0.1) is 10.3 Å². The SMILES string of the molecule is O=C1Nc2ccccc2C12CCN(S(=O)(=O)c1cccc(Cl)c1)C2. The van der Waals surface area contributed by atoms with Crippen molar-refractivity contribution in [2.45, 2.75) is 16.7 Å². The molecular weight excluding hydrogens is 348 g/mol. The molecular formula is C17H15ClN2O3S. The number of anilines is 1. The highest BCUT2D eigenvalue weighted by molar-refractivity contribution is 7.89. The highest BCUT2D eigenvalue weighted by Gasteiger charge is 2.53. The Morgan fingerprint density at radius 2 is 1.92 bits per heavy atom. The van der Waals surface area contributed by atoms with Gasteiger partial charge in [-0.05, 0) is 36.2 Å². The highest BCUT2D eigenvalue weighted by atomic mass is 35.5. The number of carbonyl (C=O) groups excluding carboxylic acids is 1. The molecule has 2 aliphatic rings. The molecule has 5 nitrogen and oxygen atoms in total. The minimum absolute atomic E-state index is 0.132. The van der Waals surface area contributed by atoms with Crippen LogP contribution in [0, 0.1) is 0 Å². The number of rotatable bonds is 2.